The lowest BCUT2D eigenvalue weighted by molar-refractivity contribution is 1.19. The number of hydrogen-bond acceptors (Lipinski definition) is 0. The van der Waals surface area contributed by atoms with Gasteiger partial charge in [0, 0.05) is 0 Å². The highest BCUT2D eigenvalue weighted by atomic mass is 14.1. The van der Waals surface area contributed by atoms with Gasteiger partial charge in [0.15, 0.2) is 0 Å². The standard InChI is InChI=1S/C17H24.C2H6/c1-7-16(14(5)10-12(2)3)17-9-8-13(4)11-15(17)6;1-2/h8-11H,7H2,1-6H3;1-2H3/b16-14+;. The smallest absolute Gasteiger partial charge is 0.0192 e. The molecule has 0 unspecified atom stereocenters. The lowest BCUT2D eigenvalue weighted by Gasteiger charge is -2.12. The summed E-state index contributed by atoms with van der Waals surface area (Å²) in [6.07, 6.45) is 3.36. The molecule has 0 fully saturated rings. The van der Waals surface area contributed by atoms with Crippen molar-refractivity contribution in [3.05, 3.63) is 52.1 Å². The first-order valence-corrected chi connectivity index (χ1v) is 7.38. The van der Waals surface area contributed by atoms with E-state index in [4.69, 9.17) is 0 Å². The quantitative estimate of drug-likeness (QED) is 0.544. The molecule has 0 saturated carbocycles. The van der Waals surface area contributed by atoms with Gasteiger partial charge in [0.2, 0.25) is 0 Å². The molecule has 0 spiro atoms. The summed E-state index contributed by atoms with van der Waals surface area (Å²) >= 11 is 0. The van der Waals surface area contributed by atoms with Crippen LogP contribution in [0.5, 0.6) is 0 Å². The van der Waals surface area contributed by atoms with Crippen LogP contribution in [0.15, 0.2) is 35.4 Å². The van der Waals surface area contributed by atoms with E-state index in [2.05, 4.69) is 65.8 Å². The molecule has 0 bridgehead atoms. The third kappa shape index (κ3) is 5.46. The van der Waals surface area contributed by atoms with Crippen LogP contribution in [0.1, 0.15) is 64.7 Å². The summed E-state index contributed by atoms with van der Waals surface area (Å²) in [5.74, 6) is 0. The maximum absolute atomic E-state index is 2.28. The highest BCUT2D eigenvalue weighted by molar-refractivity contribution is 5.72. The molecule has 0 nitrogen and oxygen atoms in total. The summed E-state index contributed by atoms with van der Waals surface area (Å²) in [7, 11) is 0. The fourth-order valence-electron chi connectivity index (χ4n) is 2.35. The molecule has 0 aromatic heterocycles. The van der Waals surface area contributed by atoms with E-state index in [0.717, 1.165) is 6.42 Å². The zero-order valence-corrected chi connectivity index (χ0v) is 14.0. The largest absolute Gasteiger partial charge is 0.0762 e. The minimum absolute atomic E-state index is 1.08. The van der Waals surface area contributed by atoms with Crippen molar-refractivity contribution in [3.8, 4) is 0 Å². The SMILES string of the molecule is CC.CC/C(=C(/C)C=C(C)C)c1ccc(C)cc1C. The molecule has 106 valence electrons. The van der Waals surface area contributed by atoms with E-state index in [9.17, 15) is 0 Å². The zero-order chi connectivity index (χ0) is 15.0. The van der Waals surface area contributed by atoms with Crippen molar-refractivity contribution in [2.75, 3.05) is 0 Å². The highest BCUT2D eigenvalue weighted by Crippen LogP contribution is 2.26. The van der Waals surface area contributed by atoms with Crippen LogP contribution in [0, 0.1) is 13.8 Å². The number of aryl methyl sites for hydroxylation is 2. The fraction of sp³-hybridized carbons (Fsp3) is 0.474. The molecule has 0 radical (unpaired) electrons. The predicted molar refractivity (Wildman–Crippen MR) is 89.6 cm³/mol. The summed E-state index contributed by atoms with van der Waals surface area (Å²) in [5.41, 5.74) is 8.32. The van der Waals surface area contributed by atoms with Crippen molar-refractivity contribution in [1.29, 1.82) is 0 Å². The molecule has 0 heteroatoms. The van der Waals surface area contributed by atoms with Gasteiger partial charge in [-0.3, -0.25) is 0 Å². The van der Waals surface area contributed by atoms with Crippen LogP contribution in [0.2, 0.25) is 0 Å². The van der Waals surface area contributed by atoms with Gasteiger partial charge in [0.1, 0.15) is 0 Å². The first kappa shape index (κ1) is 17.7. The van der Waals surface area contributed by atoms with Gasteiger partial charge in [-0.05, 0) is 63.3 Å². The molecule has 0 amide bonds. The average molecular weight is 258 g/mol. The van der Waals surface area contributed by atoms with Crippen molar-refractivity contribution in [1.82, 2.24) is 0 Å². The van der Waals surface area contributed by atoms with Crippen LogP contribution < -0.4 is 0 Å². The van der Waals surface area contributed by atoms with Crippen molar-refractivity contribution >= 4 is 5.57 Å². The van der Waals surface area contributed by atoms with Gasteiger partial charge in [0.25, 0.3) is 0 Å². The molecule has 0 aliphatic heterocycles. The van der Waals surface area contributed by atoms with E-state index >= 15 is 0 Å². The van der Waals surface area contributed by atoms with Crippen molar-refractivity contribution in [2.45, 2.75) is 61.8 Å². The fourth-order valence-corrected chi connectivity index (χ4v) is 2.35. The molecular formula is C19H30. The molecule has 0 aliphatic carbocycles. The Morgan fingerprint density at radius 2 is 1.63 bits per heavy atom. The van der Waals surface area contributed by atoms with Crippen LogP contribution in [-0.4, -0.2) is 0 Å². The monoisotopic (exact) mass is 258 g/mol. The Hall–Kier alpha value is -1.30. The maximum Gasteiger partial charge on any atom is -0.0192 e. The molecule has 1 aromatic rings. The molecular weight excluding hydrogens is 228 g/mol. The lowest BCUT2D eigenvalue weighted by Crippen LogP contribution is -1.92. The summed E-state index contributed by atoms with van der Waals surface area (Å²) in [6, 6.07) is 6.72. The van der Waals surface area contributed by atoms with Gasteiger partial charge in [-0.15, -0.1) is 0 Å². The minimum Gasteiger partial charge on any atom is -0.0762 e. The van der Waals surface area contributed by atoms with Crippen LogP contribution in [0.25, 0.3) is 5.57 Å². The summed E-state index contributed by atoms with van der Waals surface area (Å²) in [5, 5.41) is 0. The maximum atomic E-state index is 2.28. The first-order valence-electron chi connectivity index (χ1n) is 7.38. The van der Waals surface area contributed by atoms with E-state index in [1.807, 2.05) is 13.8 Å². The van der Waals surface area contributed by atoms with Crippen molar-refractivity contribution < 1.29 is 0 Å². The second-order valence-corrected chi connectivity index (χ2v) is 5.06. The molecule has 0 atom stereocenters. The minimum atomic E-state index is 1.08. The molecule has 1 rings (SSSR count). The Morgan fingerprint density at radius 1 is 1.05 bits per heavy atom. The number of rotatable bonds is 3. The Balaban J connectivity index is 0.00000154. The Morgan fingerprint density at radius 3 is 2.05 bits per heavy atom. The van der Waals surface area contributed by atoms with Crippen LogP contribution in [0.3, 0.4) is 0 Å². The van der Waals surface area contributed by atoms with Crippen molar-refractivity contribution in [3.63, 3.8) is 0 Å². The predicted octanol–water partition coefficient (Wildman–Crippen LogP) is 6.48. The summed E-state index contributed by atoms with van der Waals surface area (Å²) in [4.78, 5) is 0. The average Bonchev–Trinajstić information content (AvgIpc) is 2.34. The van der Waals surface area contributed by atoms with Gasteiger partial charge in [-0.1, -0.05) is 56.2 Å². The topological polar surface area (TPSA) is 0 Å². The van der Waals surface area contributed by atoms with Gasteiger partial charge in [-0.25, -0.2) is 0 Å². The van der Waals surface area contributed by atoms with E-state index in [1.54, 1.807) is 0 Å². The number of allylic oxidation sites excluding steroid dienone is 4. The lowest BCUT2D eigenvalue weighted by atomic mass is 9.93. The van der Waals surface area contributed by atoms with Gasteiger partial charge < -0.3 is 0 Å². The highest BCUT2D eigenvalue weighted by Gasteiger charge is 2.06. The van der Waals surface area contributed by atoms with Crippen LogP contribution in [0.4, 0.5) is 0 Å². The molecule has 0 saturated heterocycles. The summed E-state index contributed by atoms with van der Waals surface area (Å²) in [6.45, 7) is 17.1. The summed E-state index contributed by atoms with van der Waals surface area (Å²) < 4.78 is 0. The van der Waals surface area contributed by atoms with Gasteiger partial charge in [-0.2, -0.15) is 0 Å². The van der Waals surface area contributed by atoms with Crippen LogP contribution >= 0.6 is 0 Å². The molecule has 0 heterocycles. The van der Waals surface area contributed by atoms with E-state index in [0.29, 0.717) is 0 Å². The third-order valence-electron chi connectivity index (χ3n) is 3.04. The number of hydrogen-bond donors (Lipinski definition) is 0. The molecule has 0 aliphatic rings. The van der Waals surface area contributed by atoms with Gasteiger partial charge in [0.05, 0.1) is 0 Å². The van der Waals surface area contributed by atoms with E-state index < -0.39 is 0 Å². The van der Waals surface area contributed by atoms with Crippen molar-refractivity contribution in [2.24, 2.45) is 0 Å². The Bertz CT molecular complexity index is 455. The molecule has 19 heavy (non-hydrogen) atoms. The Kier molecular flexibility index (Phi) is 8.14. The third-order valence-corrected chi connectivity index (χ3v) is 3.04. The van der Waals surface area contributed by atoms with Gasteiger partial charge >= 0.3 is 0 Å². The zero-order valence-electron chi connectivity index (χ0n) is 14.0. The normalized spacial score (nSPS) is 11.2. The Labute approximate surface area is 120 Å². The number of benzene rings is 1. The molecule has 0 N–H and O–H groups in total. The second kappa shape index (κ2) is 8.74. The second-order valence-electron chi connectivity index (χ2n) is 5.06. The first-order chi connectivity index (χ1) is 8.95. The van der Waals surface area contributed by atoms with E-state index in [1.165, 1.54) is 33.4 Å². The van der Waals surface area contributed by atoms with Crippen LogP contribution in [-0.2, 0) is 0 Å². The molecule has 1 aromatic carbocycles. The van der Waals surface area contributed by atoms with E-state index in [-0.39, 0.29) is 0 Å².